The molecule has 2 aliphatic heterocycles. The van der Waals surface area contributed by atoms with E-state index in [0.717, 1.165) is 44.3 Å². The molecule has 140 valence electrons. The zero-order chi connectivity index (χ0) is 18.8. The topological polar surface area (TPSA) is 43.9 Å². The van der Waals surface area contributed by atoms with Gasteiger partial charge in [0.2, 0.25) is 0 Å². The third-order valence-corrected chi connectivity index (χ3v) is 5.55. The molecule has 1 fully saturated rings. The van der Waals surface area contributed by atoms with Crippen LogP contribution in [0.15, 0.2) is 48.5 Å². The molecule has 0 unspecified atom stereocenters. The Balaban J connectivity index is 1.26. The van der Waals surface area contributed by atoms with Crippen LogP contribution in [0, 0.1) is 0 Å². The molecule has 2 aliphatic rings. The highest BCUT2D eigenvalue weighted by Crippen LogP contribution is 2.22. The van der Waals surface area contributed by atoms with Gasteiger partial charge in [-0.25, -0.2) is 0 Å². The molecule has 0 N–H and O–H groups in total. The number of rotatable bonds is 5. The smallest absolute Gasteiger partial charge is 0.261 e. The molecule has 2 aromatic carbocycles. The van der Waals surface area contributed by atoms with E-state index in [2.05, 4.69) is 21.9 Å². The molecular weight excluding hydrogens is 362 g/mol. The van der Waals surface area contributed by atoms with Gasteiger partial charge in [0.1, 0.15) is 0 Å². The number of nitrogens with zero attached hydrogens (tertiary/aromatic N) is 3. The molecule has 0 bridgehead atoms. The lowest BCUT2D eigenvalue weighted by molar-refractivity contribution is 0.0612. The van der Waals surface area contributed by atoms with Gasteiger partial charge in [-0.15, -0.1) is 0 Å². The van der Waals surface area contributed by atoms with Crippen LogP contribution in [-0.4, -0.2) is 65.8 Å². The van der Waals surface area contributed by atoms with Crippen LogP contribution in [0.3, 0.4) is 0 Å². The van der Waals surface area contributed by atoms with Crippen molar-refractivity contribution in [1.29, 1.82) is 0 Å². The Kier molecular flexibility index (Phi) is 5.25. The van der Waals surface area contributed by atoms with E-state index in [1.165, 1.54) is 10.5 Å². The summed E-state index contributed by atoms with van der Waals surface area (Å²) in [6.45, 7) is 5.93. The van der Waals surface area contributed by atoms with Crippen LogP contribution in [0.5, 0.6) is 0 Å². The summed E-state index contributed by atoms with van der Waals surface area (Å²) in [6.07, 6.45) is 0. The van der Waals surface area contributed by atoms with Crippen molar-refractivity contribution >= 4 is 23.4 Å². The van der Waals surface area contributed by atoms with Gasteiger partial charge in [0, 0.05) is 50.8 Å². The zero-order valence-electron chi connectivity index (χ0n) is 15.1. The summed E-state index contributed by atoms with van der Waals surface area (Å²) in [6, 6.07) is 15.0. The molecule has 0 atom stereocenters. The summed E-state index contributed by atoms with van der Waals surface area (Å²) < 4.78 is 0. The van der Waals surface area contributed by atoms with Gasteiger partial charge < -0.3 is 0 Å². The molecule has 5 nitrogen and oxygen atoms in total. The average molecular weight is 384 g/mol. The van der Waals surface area contributed by atoms with E-state index in [0.29, 0.717) is 17.7 Å². The fraction of sp³-hybridized carbons (Fsp3) is 0.333. The summed E-state index contributed by atoms with van der Waals surface area (Å²) in [5, 5.41) is 0.761. The van der Waals surface area contributed by atoms with Gasteiger partial charge in [-0.2, -0.15) is 0 Å². The molecule has 27 heavy (non-hydrogen) atoms. The van der Waals surface area contributed by atoms with Crippen LogP contribution < -0.4 is 0 Å². The number of hydrogen-bond acceptors (Lipinski definition) is 4. The minimum atomic E-state index is -0.169. The average Bonchev–Trinajstić information content (AvgIpc) is 2.94. The van der Waals surface area contributed by atoms with Crippen molar-refractivity contribution in [2.45, 2.75) is 6.54 Å². The van der Waals surface area contributed by atoms with Crippen LogP contribution in [0.1, 0.15) is 26.3 Å². The van der Waals surface area contributed by atoms with E-state index >= 15 is 0 Å². The van der Waals surface area contributed by atoms with Gasteiger partial charge in [0.05, 0.1) is 11.1 Å². The van der Waals surface area contributed by atoms with Crippen LogP contribution in [-0.2, 0) is 6.54 Å². The van der Waals surface area contributed by atoms with Crippen molar-refractivity contribution in [2.75, 3.05) is 39.3 Å². The van der Waals surface area contributed by atoms with Gasteiger partial charge >= 0.3 is 0 Å². The molecule has 0 spiro atoms. The second kappa shape index (κ2) is 7.80. The zero-order valence-corrected chi connectivity index (χ0v) is 15.9. The van der Waals surface area contributed by atoms with Crippen molar-refractivity contribution in [2.24, 2.45) is 0 Å². The van der Waals surface area contributed by atoms with Crippen molar-refractivity contribution in [3.05, 3.63) is 70.2 Å². The largest absolute Gasteiger partial charge is 0.299 e. The number of carbonyl (C=O) groups is 2. The Morgan fingerprint density at radius 1 is 0.741 bits per heavy atom. The molecule has 2 heterocycles. The maximum atomic E-state index is 12.4. The summed E-state index contributed by atoms with van der Waals surface area (Å²) in [5.41, 5.74) is 2.31. The number of carbonyl (C=O) groups excluding carboxylic acids is 2. The van der Waals surface area contributed by atoms with E-state index in [9.17, 15) is 9.59 Å². The number of amides is 2. The van der Waals surface area contributed by atoms with Gasteiger partial charge in [0.15, 0.2) is 0 Å². The van der Waals surface area contributed by atoms with Crippen LogP contribution >= 0.6 is 11.6 Å². The van der Waals surface area contributed by atoms with Crippen LogP contribution in [0.4, 0.5) is 0 Å². The lowest BCUT2D eigenvalue weighted by Gasteiger charge is -2.35. The molecule has 0 aliphatic carbocycles. The first kappa shape index (κ1) is 18.2. The molecule has 0 aromatic heterocycles. The van der Waals surface area contributed by atoms with E-state index in [4.69, 9.17) is 11.6 Å². The first-order chi connectivity index (χ1) is 13.1. The Bertz CT molecular complexity index is 810. The van der Waals surface area contributed by atoms with Crippen molar-refractivity contribution in [1.82, 2.24) is 14.7 Å². The third kappa shape index (κ3) is 3.90. The number of halogens is 1. The number of imide groups is 1. The maximum Gasteiger partial charge on any atom is 0.261 e. The molecule has 0 saturated carbocycles. The molecule has 4 rings (SSSR count). The molecule has 0 radical (unpaired) electrons. The summed E-state index contributed by atoms with van der Waals surface area (Å²) in [5.74, 6) is -0.339. The molecule has 1 saturated heterocycles. The van der Waals surface area contributed by atoms with Crippen LogP contribution in [0.25, 0.3) is 0 Å². The highest BCUT2D eigenvalue weighted by molar-refractivity contribution is 6.30. The highest BCUT2D eigenvalue weighted by Gasteiger charge is 2.35. The van der Waals surface area contributed by atoms with Crippen molar-refractivity contribution < 1.29 is 9.59 Å². The number of piperazine rings is 1. The third-order valence-electron chi connectivity index (χ3n) is 5.30. The standard InChI is InChI=1S/C21H22ClN3O2/c22-17-7-5-16(6-8-17)15-24-11-9-23(10-12-24)13-14-25-20(26)18-3-1-2-4-19(18)21(25)27/h1-8H,9-15H2. The SMILES string of the molecule is O=C1c2ccccc2C(=O)N1CCN1CCN(Cc2ccc(Cl)cc2)CC1. The van der Waals surface area contributed by atoms with Gasteiger partial charge in [-0.1, -0.05) is 35.9 Å². The summed E-state index contributed by atoms with van der Waals surface area (Å²) in [7, 11) is 0. The molecule has 6 heteroatoms. The second-order valence-corrected chi connectivity index (χ2v) is 7.49. The Morgan fingerprint density at radius 2 is 1.30 bits per heavy atom. The quantitative estimate of drug-likeness (QED) is 0.745. The number of hydrogen-bond donors (Lipinski definition) is 0. The minimum Gasteiger partial charge on any atom is -0.299 e. The first-order valence-electron chi connectivity index (χ1n) is 9.26. The summed E-state index contributed by atoms with van der Waals surface area (Å²) >= 11 is 5.94. The van der Waals surface area contributed by atoms with Gasteiger partial charge in [-0.3, -0.25) is 24.3 Å². The van der Waals surface area contributed by atoms with E-state index < -0.39 is 0 Å². The van der Waals surface area contributed by atoms with E-state index in [1.807, 2.05) is 12.1 Å². The molecule has 2 amide bonds. The summed E-state index contributed by atoms with van der Waals surface area (Å²) in [4.78, 5) is 31.0. The minimum absolute atomic E-state index is 0.169. The predicted octanol–water partition coefficient (Wildman–Crippen LogP) is 2.75. The normalized spacial score (nSPS) is 18.2. The molecule has 2 aromatic rings. The lowest BCUT2D eigenvalue weighted by Crippen LogP contribution is -2.48. The lowest BCUT2D eigenvalue weighted by atomic mass is 10.1. The predicted molar refractivity (Wildman–Crippen MR) is 105 cm³/mol. The fourth-order valence-corrected chi connectivity index (χ4v) is 3.83. The Labute approximate surface area is 164 Å². The Hall–Kier alpha value is -2.21. The van der Waals surface area contributed by atoms with E-state index in [1.54, 1.807) is 24.3 Å². The first-order valence-corrected chi connectivity index (χ1v) is 9.64. The van der Waals surface area contributed by atoms with Crippen LogP contribution in [0.2, 0.25) is 5.02 Å². The monoisotopic (exact) mass is 383 g/mol. The highest BCUT2D eigenvalue weighted by atomic mass is 35.5. The molecular formula is C21H22ClN3O2. The fourth-order valence-electron chi connectivity index (χ4n) is 3.70. The van der Waals surface area contributed by atoms with Crippen molar-refractivity contribution in [3.8, 4) is 0 Å². The van der Waals surface area contributed by atoms with Crippen molar-refractivity contribution in [3.63, 3.8) is 0 Å². The maximum absolute atomic E-state index is 12.4. The Morgan fingerprint density at radius 3 is 1.89 bits per heavy atom. The number of benzene rings is 2. The number of fused-ring (bicyclic) bond motifs is 1. The van der Waals surface area contributed by atoms with Gasteiger partial charge in [-0.05, 0) is 29.8 Å². The van der Waals surface area contributed by atoms with E-state index in [-0.39, 0.29) is 11.8 Å². The van der Waals surface area contributed by atoms with Gasteiger partial charge in [0.25, 0.3) is 11.8 Å². The second-order valence-electron chi connectivity index (χ2n) is 7.05.